The predicted molar refractivity (Wildman–Crippen MR) is 79.2 cm³/mol. The van der Waals surface area contributed by atoms with Crippen molar-refractivity contribution in [1.82, 2.24) is 0 Å². The summed E-state index contributed by atoms with van der Waals surface area (Å²) in [6.07, 6.45) is 0.916. The van der Waals surface area contributed by atoms with E-state index in [0.29, 0.717) is 0 Å². The van der Waals surface area contributed by atoms with E-state index in [1.807, 2.05) is 41.8 Å². The van der Waals surface area contributed by atoms with E-state index in [1.165, 1.54) is 11.3 Å². The van der Waals surface area contributed by atoms with Crippen molar-refractivity contribution >= 4 is 28.4 Å². The highest BCUT2D eigenvalue weighted by atomic mass is 32.1. The maximum atomic E-state index is 11.1. The van der Waals surface area contributed by atoms with Gasteiger partial charge in [0.25, 0.3) is 0 Å². The second-order valence-electron chi connectivity index (χ2n) is 4.18. The highest BCUT2D eigenvalue weighted by Gasteiger charge is 2.11. The lowest BCUT2D eigenvalue weighted by Gasteiger charge is -2.10. The smallest absolute Gasteiger partial charge is 0.160 e. The first-order valence-corrected chi connectivity index (χ1v) is 6.82. The van der Waals surface area contributed by atoms with E-state index < -0.39 is 0 Å². The number of rotatable bonds is 3. The standard InChI is InChI=1S/C16H12O2S/c1-18-15-7-6-12(11-4-2-3-5-13(11)15)14-8-9-19-16(14)10-17/h2-10H,1H3. The minimum absolute atomic E-state index is 0.760. The minimum Gasteiger partial charge on any atom is -0.496 e. The predicted octanol–water partition coefficient (Wildman–Crippen LogP) is 4.39. The lowest BCUT2D eigenvalue weighted by atomic mass is 9.98. The third-order valence-corrected chi connectivity index (χ3v) is 4.04. The van der Waals surface area contributed by atoms with E-state index in [2.05, 4.69) is 6.07 Å². The average molecular weight is 268 g/mol. The molecular weight excluding hydrogens is 256 g/mol. The first-order chi connectivity index (χ1) is 9.35. The number of aldehydes is 1. The normalized spacial score (nSPS) is 10.6. The van der Waals surface area contributed by atoms with Gasteiger partial charge in [0.15, 0.2) is 6.29 Å². The summed E-state index contributed by atoms with van der Waals surface area (Å²) in [6, 6.07) is 14.0. The molecule has 0 N–H and O–H groups in total. The molecular formula is C16H12O2S. The molecule has 3 heteroatoms. The van der Waals surface area contributed by atoms with Gasteiger partial charge in [0.1, 0.15) is 5.75 Å². The van der Waals surface area contributed by atoms with Crippen LogP contribution < -0.4 is 4.74 Å². The lowest BCUT2D eigenvalue weighted by molar-refractivity contribution is 0.112. The Labute approximate surface area is 115 Å². The molecule has 0 atom stereocenters. The van der Waals surface area contributed by atoms with Gasteiger partial charge in [-0.15, -0.1) is 11.3 Å². The van der Waals surface area contributed by atoms with Gasteiger partial charge in [-0.2, -0.15) is 0 Å². The Morgan fingerprint density at radius 2 is 1.79 bits per heavy atom. The third-order valence-electron chi connectivity index (χ3n) is 3.20. The number of benzene rings is 2. The molecule has 2 nitrogen and oxygen atoms in total. The molecule has 0 aliphatic heterocycles. The Morgan fingerprint density at radius 1 is 1.00 bits per heavy atom. The van der Waals surface area contributed by atoms with Gasteiger partial charge in [-0.3, -0.25) is 4.79 Å². The van der Waals surface area contributed by atoms with Crippen molar-refractivity contribution in [2.75, 3.05) is 7.11 Å². The van der Waals surface area contributed by atoms with Crippen LogP contribution in [-0.4, -0.2) is 13.4 Å². The highest BCUT2D eigenvalue weighted by molar-refractivity contribution is 7.12. The fourth-order valence-corrected chi connectivity index (χ4v) is 3.03. The summed E-state index contributed by atoms with van der Waals surface area (Å²) in [5, 5.41) is 4.10. The molecule has 0 amide bonds. The molecule has 0 saturated carbocycles. The quantitative estimate of drug-likeness (QED) is 0.658. The van der Waals surface area contributed by atoms with Gasteiger partial charge in [-0.25, -0.2) is 0 Å². The molecule has 19 heavy (non-hydrogen) atoms. The van der Waals surface area contributed by atoms with Crippen molar-refractivity contribution in [1.29, 1.82) is 0 Å². The number of ether oxygens (including phenoxy) is 1. The second kappa shape index (κ2) is 4.86. The Hall–Kier alpha value is -2.13. The monoisotopic (exact) mass is 268 g/mol. The van der Waals surface area contributed by atoms with E-state index in [4.69, 9.17) is 4.74 Å². The maximum Gasteiger partial charge on any atom is 0.160 e. The second-order valence-corrected chi connectivity index (χ2v) is 5.13. The van der Waals surface area contributed by atoms with Gasteiger partial charge in [0.2, 0.25) is 0 Å². The van der Waals surface area contributed by atoms with E-state index in [-0.39, 0.29) is 0 Å². The molecule has 0 saturated heterocycles. The summed E-state index contributed by atoms with van der Waals surface area (Å²) in [6.45, 7) is 0. The van der Waals surface area contributed by atoms with Crippen molar-refractivity contribution < 1.29 is 9.53 Å². The minimum atomic E-state index is 0.760. The molecule has 3 aromatic rings. The molecule has 0 bridgehead atoms. The molecule has 0 aliphatic rings. The van der Waals surface area contributed by atoms with E-state index in [9.17, 15) is 4.79 Å². The van der Waals surface area contributed by atoms with Crippen LogP contribution in [0.5, 0.6) is 5.75 Å². The van der Waals surface area contributed by atoms with E-state index >= 15 is 0 Å². The fraction of sp³-hybridized carbons (Fsp3) is 0.0625. The molecule has 1 aromatic heterocycles. The fourth-order valence-electron chi connectivity index (χ4n) is 2.32. The van der Waals surface area contributed by atoms with Crippen LogP contribution in [0.3, 0.4) is 0 Å². The van der Waals surface area contributed by atoms with Gasteiger partial charge in [0, 0.05) is 10.9 Å². The third kappa shape index (κ3) is 1.92. The zero-order valence-corrected chi connectivity index (χ0v) is 11.2. The molecule has 2 aromatic carbocycles. The SMILES string of the molecule is COc1ccc(-c2ccsc2C=O)c2ccccc12. The van der Waals surface area contributed by atoms with Gasteiger partial charge in [-0.1, -0.05) is 24.3 Å². The molecule has 0 aliphatic carbocycles. The first-order valence-electron chi connectivity index (χ1n) is 5.94. The van der Waals surface area contributed by atoms with Crippen LogP contribution in [0.15, 0.2) is 47.8 Å². The molecule has 0 fully saturated rings. The Morgan fingerprint density at radius 3 is 2.53 bits per heavy atom. The average Bonchev–Trinajstić information content (AvgIpc) is 2.94. The van der Waals surface area contributed by atoms with Crippen molar-refractivity contribution in [2.45, 2.75) is 0 Å². The van der Waals surface area contributed by atoms with Gasteiger partial charge >= 0.3 is 0 Å². The summed E-state index contributed by atoms with van der Waals surface area (Å²) < 4.78 is 5.39. The summed E-state index contributed by atoms with van der Waals surface area (Å²) in [5.41, 5.74) is 2.05. The van der Waals surface area contributed by atoms with Crippen LogP contribution in [0.4, 0.5) is 0 Å². The summed E-state index contributed by atoms with van der Waals surface area (Å²) >= 11 is 1.46. The van der Waals surface area contributed by atoms with E-state index in [0.717, 1.165) is 38.8 Å². The number of carbonyl (C=O) groups is 1. The number of hydrogen-bond acceptors (Lipinski definition) is 3. The van der Waals surface area contributed by atoms with Gasteiger partial charge < -0.3 is 4.74 Å². The van der Waals surface area contributed by atoms with Gasteiger partial charge in [0.05, 0.1) is 12.0 Å². The molecule has 94 valence electrons. The van der Waals surface area contributed by atoms with Crippen LogP contribution in [0.25, 0.3) is 21.9 Å². The summed E-state index contributed by atoms with van der Waals surface area (Å²) in [4.78, 5) is 11.9. The molecule has 0 unspecified atom stereocenters. The van der Waals surface area contributed by atoms with Crippen LogP contribution in [0.2, 0.25) is 0 Å². The molecule has 1 heterocycles. The summed E-state index contributed by atoms with van der Waals surface area (Å²) in [7, 11) is 1.67. The van der Waals surface area contributed by atoms with Crippen LogP contribution in [-0.2, 0) is 0 Å². The van der Waals surface area contributed by atoms with Crippen LogP contribution in [0.1, 0.15) is 9.67 Å². The van der Waals surface area contributed by atoms with Crippen LogP contribution in [0, 0.1) is 0 Å². The maximum absolute atomic E-state index is 11.1. The number of fused-ring (bicyclic) bond motifs is 1. The van der Waals surface area contributed by atoms with Crippen molar-refractivity contribution in [3.05, 3.63) is 52.7 Å². The molecule has 0 radical (unpaired) electrons. The Kier molecular flexibility index (Phi) is 3.05. The Bertz CT molecular complexity index is 743. The van der Waals surface area contributed by atoms with Crippen molar-refractivity contribution in [3.8, 4) is 16.9 Å². The highest BCUT2D eigenvalue weighted by Crippen LogP contribution is 2.36. The number of carbonyl (C=O) groups excluding carboxylic acids is 1. The van der Waals surface area contributed by atoms with Crippen molar-refractivity contribution in [2.24, 2.45) is 0 Å². The van der Waals surface area contributed by atoms with Crippen LogP contribution >= 0.6 is 11.3 Å². The topological polar surface area (TPSA) is 26.3 Å². The molecule has 3 rings (SSSR count). The zero-order valence-electron chi connectivity index (χ0n) is 10.4. The molecule has 0 spiro atoms. The first kappa shape index (κ1) is 11.9. The van der Waals surface area contributed by atoms with Crippen molar-refractivity contribution in [3.63, 3.8) is 0 Å². The number of methoxy groups -OCH3 is 1. The largest absolute Gasteiger partial charge is 0.496 e. The number of thiophene rings is 1. The zero-order chi connectivity index (χ0) is 13.2. The number of hydrogen-bond donors (Lipinski definition) is 0. The van der Waals surface area contributed by atoms with E-state index in [1.54, 1.807) is 7.11 Å². The lowest BCUT2D eigenvalue weighted by Crippen LogP contribution is -1.88. The van der Waals surface area contributed by atoms with Gasteiger partial charge in [-0.05, 0) is 34.5 Å². The summed E-state index contributed by atoms with van der Waals surface area (Å²) in [5.74, 6) is 0.849. The Balaban J connectivity index is 2.34.